The first-order valence-corrected chi connectivity index (χ1v) is 10.8. The van der Waals surface area contributed by atoms with Crippen molar-refractivity contribution >= 4 is 11.9 Å². The lowest BCUT2D eigenvalue weighted by molar-refractivity contribution is -0.173. The lowest BCUT2D eigenvalue weighted by Crippen LogP contribution is -2.45. The van der Waals surface area contributed by atoms with Crippen molar-refractivity contribution in [3.8, 4) is 0 Å². The van der Waals surface area contributed by atoms with E-state index in [4.69, 9.17) is 4.74 Å². The topological polar surface area (TPSA) is 75.6 Å². The average molecular weight is 422 g/mol. The molecule has 0 spiro atoms. The Hall–Kier alpha value is -2.92. The molecular weight excluding hydrogens is 390 g/mol. The van der Waals surface area contributed by atoms with Gasteiger partial charge in [-0.3, -0.25) is 4.79 Å². The molecule has 5 heteroatoms. The van der Waals surface area contributed by atoms with Crippen LogP contribution in [-0.2, 0) is 9.53 Å². The van der Waals surface area contributed by atoms with Gasteiger partial charge in [-0.15, -0.1) is 0 Å². The normalized spacial score (nSPS) is 18.5. The Morgan fingerprint density at radius 2 is 1.68 bits per heavy atom. The quantitative estimate of drug-likeness (QED) is 0.507. The molecule has 0 bridgehead atoms. The molecule has 2 unspecified atom stereocenters. The molecule has 3 atom stereocenters. The van der Waals surface area contributed by atoms with Crippen LogP contribution in [0, 0.1) is 5.92 Å². The highest BCUT2D eigenvalue weighted by Gasteiger charge is 2.38. The third-order valence-electron chi connectivity index (χ3n) is 6.02. The standard InChI is InChI=1S/C26H31NO4/c1-18-14-16-21(17-15-18)26(2,3)31-25(30)23(28)22(19-10-6-4-7-11-19)27-24(29)20-12-8-5-9-13-20/h4-14,21-23,28H,15-17H2,1-3H3,(H,27,29)/t21-,22?,23?/m1/s1. The smallest absolute Gasteiger partial charge is 0.338 e. The van der Waals surface area contributed by atoms with Crippen LogP contribution in [0.4, 0.5) is 0 Å². The van der Waals surface area contributed by atoms with Gasteiger partial charge < -0.3 is 15.2 Å². The molecule has 164 valence electrons. The van der Waals surface area contributed by atoms with Gasteiger partial charge in [-0.2, -0.15) is 0 Å². The molecule has 0 saturated heterocycles. The van der Waals surface area contributed by atoms with Gasteiger partial charge in [0.1, 0.15) is 5.60 Å². The highest BCUT2D eigenvalue weighted by Crippen LogP contribution is 2.35. The average Bonchev–Trinajstić information content (AvgIpc) is 2.78. The van der Waals surface area contributed by atoms with E-state index in [0.717, 1.165) is 19.3 Å². The van der Waals surface area contributed by atoms with E-state index in [9.17, 15) is 14.7 Å². The molecule has 2 N–H and O–H groups in total. The molecule has 1 aliphatic rings. The Morgan fingerprint density at radius 3 is 2.26 bits per heavy atom. The number of ether oxygens (including phenoxy) is 1. The third kappa shape index (κ3) is 5.82. The number of carbonyl (C=O) groups excluding carboxylic acids is 2. The van der Waals surface area contributed by atoms with Gasteiger partial charge >= 0.3 is 5.97 Å². The first-order valence-electron chi connectivity index (χ1n) is 10.8. The van der Waals surface area contributed by atoms with Crippen LogP contribution in [-0.4, -0.2) is 28.7 Å². The number of carbonyl (C=O) groups is 2. The Balaban J connectivity index is 1.76. The van der Waals surface area contributed by atoms with Gasteiger partial charge in [0.15, 0.2) is 6.10 Å². The van der Waals surface area contributed by atoms with E-state index in [1.54, 1.807) is 48.5 Å². The minimum Gasteiger partial charge on any atom is -0.457 e. The molecule has 0 fully saturated rings. The van der Waals surface area contributed by atoms with Gasteiger partial charge in [-0.25, -0.2) is 4.79 Å². The molecule has 0 aliphatic heterocycles. The van der Waals surface area contributed by atoms with Crippen LogP contribution < -0.4 is 5.32 Å². The van der Waals surface area contributed by atoms with Crippen molar-refractivity contribution in [2.75, 3.05) is 0 Å². The van der Waals surface area contributed by atoms with Gasteiger partial charge in [0, 0.05) is 11.5 Å². The monoisotopic (exact) mass is 421 g/mol. The summed E-state index contributed by atoms with van der Waals surface area (Å²) in [5, 5.41) is 13.7. The minimum absolute atomic E-state index is 0.182. The van der Waals surface area contributed by atoms with E-state index in [0.29, 0.717) is 11.1 Å². The van der Waals surface area contributed by atoms with Crippen LogP contribution in [0.25, 0.3) is 0 Å². The van der Waals surface area contributed by atoms with E-state index in [-0.39, 0.29) is 11.8 Å². The van der Waals surface area contributed by atoms with Gasteiger partial charge in [-0.05, 0) is 57.7 Å². The predicted molar refractivity (Wildman–Crippen MR) is 120 cm³/mol. The summed E-state index contributed by atoms with van der Waals surface area (Å²) in [6, 6.07) is 16.8. The van der Waals surface area contributed by atoms with Crippen molar-refractivity contribution in [3.63, 3.8) is 0 Å². The maximum absolute atomic E-state index is 13.0. The van der Waals surface area contributed by atoms with E-state index in [2.05, 4.69) is 18.3 Å². The van der Waals surface area contributed by atoms with Crippen LogP contribution in [0.2, 0.25) is 0 Å². The second-order valence-corrected chi connectivity index (χ2v) is 8.72. The van der Waals surface area contributed by atoms with Crippen LogP contribution in [0.3, 0.4) is 0 Å². The molecule has 1 aliphatic carbocycles. The highest BCUT2D eigenvalue weighted by atomic mass is 16.6. The van der Waals surface area contributed by atoms with Crippen LogP contribution in [0.5, 0.6) is 0 Å². The van der Waals surface area contributed by atoms with Gasteiger partial charge in [-0.1, -0.05) is 60.2 Å². The summed E-state index contributed by atoms with van der Waals surface area (Å²) in [6.45, 7) is 5.88. The molecule has 31 heavy (non-hydrogen) atoms. The zero-order valence-corrected chi connectivity index (χ0v) is 18.4. The van der Waals surface area contributed by atoms with E-state index >= 15 is 0 Å². The fourth-order valence-corrected chi connectivity index (χ4v) is 3.95. The molecule has 0 aromatic heterocycles. The summed E-state index contributed by atoms with van der Waals surface area (Å²) >= 11 is 0. The maximum atomic E-state index is 13.0. The largest absolute Gasteiger partial charge is 0.457 e. The highest BCUT2D eigenvalue weighted by molar-refractivity contribution is 5.94. The number of hydrogen-bond acceptors (Lipinski definition) is 4. The summed E-state index contributed by atoms with van der Waals surface area (Å²) in [5.41, 5.74) is 1.71. The summed E-state index contributed by atoms with van der Waals surface area (Å²) in [6.07, 6.45) is 3.41. The lowest BCUT2D eigenvalue weighted by atomic mass is 9.79. The molecule has 2 aromatic rings. The number of aliphatic hydroxyl groups excluding tert-OH is 1. The summed E-state index contributed by atoms with van der Waals surface area (Å²) in [5.74, 6) is -0.923. The second kappa shape index (κ2) is 9.92. The molecule has 0 saturated carbocycles. The number of hydrogen-bond donors (Lipinski definition) is 2. The summed E-state index contributed by atoms with van der Waals surface area (Å²) < 4.78 is 5.79. The van der Waals surface area contributed by atoms with Crippen molar-refractivity contribution in [1.82, 2.24) is 5.32 Å². The zero-order chi connectivity index (χ0) is 22.4. The van der Waals surface area contributed by atoms with Crippen molar-refractivity contribution in [2.24, 2.45) is 5.92 Å². The van der Waals surface area contributed by atoms with Crippen molar-refractivity contribution in [3.05, 3.63) is 83.4 Å². The number of rotatable bonds is 7. The predicted octanol–water partition coefficient (Wildman–Crippen LogP) is 4.59. The Kier molecular flexibility index (Phi) is 7.29. The maximum Gasteiger partial charge on any atom is 0.338 e. The fourth-order valence-electron chi connectivity index (χ4n) is 3.95. The van der Waals surface area contributed by atoms with E-state index in [1.807, 2.05) is 26.0 Å². The number of nitrogens with one attached hydrogen (secondary N) is 1. The molecule has 2 aromatic carbocycles. The summed E-state index contributed by atoms with van der Waals surface area (Å²) in [4.78, 5) is 25.7. The fraction of sp³-hybridized carbons (Fsp3) is 0.385. The number of aliphatic hydroxyl groups is 1. The first-order chi connectivity index (χ1) is 14.8. The number of benzene rings is 2. The van der Waals surface area contributed by atoms with Crippen molar-refractivity contribution in [2.45, 2.75) is 57.8 Å². The third-order valence-corrected chi connectivity index (χ3v) is 6.02. The van der Waals surface area contributed by atoms with E-state index < -0.39 is 23.7 Å². The lowest BCUT2D eigenvalue weighted by Gasteiger charge is -2.37. The Morgan fingerprint density at radius 1 is 1.06 bits per heavy atom. The van der Waals surface area contributed by atoms with Crippen molar-refractivity contribution in [1.29, 1.82) is 0 Å². The zero-order valence-electron chi connectivity index (χ0n) is 18.4. The van der Waals surface area contributed by atoms with Crippen LogP contribution >= 0.6 is 0 Å². The number of amides is 1. The number of esters is 1. The molecule has 1 amide bonds. The van der Waals surface area contributed by atoms with Gasteiger partial charge in [0.25, 0.3) is 5.91 Å². The first kappa shape index (κ1) is 22.8. The van der Waals surface area contributed by atoms with Crippen LogP contribution in [0.1, 0.15) is 62.0 Å². The van der Waals surface area contributed by atoms with E-state index in [1.165, 1.54) is 5.57 Å². The van der Waals surface area contributed by atoms with Crippen molar-refractivity contribution < 1.29 is 19.4 Å². The van der Waals surface area contributed by atoms with Gasteiger partial charge in [0.2, 0.25) is 0 Å². The Labute approximate surface area is 184 Å². The van der Waals surface area contributed by atoms with Gasteiger partial charge in [0.05, 0.1) is 6.04 Å². The molecular formula is C26H31NO4. The second-order valence-electron chi connectivity index (χ2n) is 8.72. The SMILES string of the molecule is CC1=CC[C@@H](C(C)(C)OC(=O)C(O)C(NC(=O)c2ccccc2)c2ccccc2)CC1. The number of allylic oxidation sites excluding steroid dienone is 2. The molecule has 0 radical (unpaired) electrons. The van der Waals surface area contributed by atoms with Crippen LogP contribution in [0.15, 0.2) is 72.3 Å². The molecule has 3 rings (SSSR count). The summed E-state index contributed by atoms with van der Waals surface area (Å²) in [7, 11) is 0. The Bertz CT molecular complexity index is 921. The molecule has 0 heterocycles. The minimum atomic E-state index is -1.53. The molecule has 5 nitrogen and oxygen atoms in total.